The van der Waals surface area contributed by atoms with E-state index in [-0.39, 0.29) is 6.17 Å². The summed E-state index contributed by atoms with van der Waals surface area (Å²) in [5.74, 6) is 1.53. The Labute approximate surface area is 207 Å². The molecule has 3 aliphatic heterocycles. The zero-order valence-electron chi connectivity index (χ0n) is 20.2. The SMILES string of the molecule is C1=NC2Cc3ccc(OCCN4CCCC4)c(c3)COC/C=C/CCOc3cc(ccn3)C(=C1)N2. The minimum Gasteiger partial charge on any atom is -0.492 e. The van der Waals surface area contributed by atoms with E-state index in [1.807, 2.05) is 30.5 Å². The van der Waals surface area contributed by atoms with Crippen LogP contribution in [-0.2, 0) is 17.8 Å². The zero-order valence-corrected chi connectivity index (χ0v) is 20.2. The van der Waals surface area contributed by atoms with Gasteiger partial charge in [-0.1, -0.05) is 18.2 Å². The predicted molar refractivity (Wildman–Crippen MR) is 138 cm³/mol. The molecule has 35 heavy (non-hydrogen) atoms. The molecule has 1 fully saturated rings. The van der Waals surface area contributed by atoms with E-state index in [1.54, 1.807) is 6.20 Å². The van der Waals surface area contributed by atoms with E-state index < -0.39 is 0 Å². The van der Waals surface area contributed by atoms with Crippen molar-refractivity contribution in [2.45, 2.75) is 38.5 Å². The molecule has 2 aromatic rings. The number of hydrogen-bond donors (Lipinski definition) is 1. The van der Waals surface area contributed by atoms with Crippen molar-refractivity contribution in [2.75, 3.05) is 39.5 Å². The maximum absolute atomic E-state index is 6.20. The van der Waals surface area contributed by atoms with Gasteiger partial charge in [0.05, 0.1) is 19.8 Å². The van der Waals surface area contributed by atoms with Crippen molar-refractivity contribution >= 4 is 11.9 Å². The van der Waals surface area contributed by atoms with Crippen LogP contribution in [0.4, 0.5) is 0 Å². The molecule has 6 bridgehead atoms. The normalized spacial score (nSPS) is 21.7. The molecule has 1 unspecified atom stereocenters. The summed E-state index contributed by atoms with van der Waals surface area (Å²) < 4.78 is 18.0. The number of nitrogens with zero attached hydrogens (tertiary/aromatic N) is 3. The Morgan fingerprint density at radius 2 is 2.06 bits per heavy atom. The van der Waals surface area contributed by atoms with Crippen LogP contribution in [0.25, 0.3) is 5.70 Å². The molecule has 1 N–H and O–H groups in total. The van der Waals surface area contributed by atoms with Gasteiger partial charge in [-0.25, -0.2) is 4.98 Å². The number of aliphatic imine (C=N–C) groups is 1. The Morgan fingerprint density at radius 3 is 3.00 bits per heavy atom. The highest BCUT2D eigenvalue weighted by Gasteiger charge is 2.16. The molecule has 7 heteroatoms. The highest BCUT2D eigenvalue weighted by molar-refractivity contribution is 5.85. The van der Waals surface area contributed by atoms with Crippen molar-refractivity contribution in [3.63, 3.8) is 0 Å². The molecular weight excluding hydrogens is 440 g/mol. The Balaban J connectivity index is 1.32. The van der Waals surface area contributed by atoms with Crippen molar-refractivity contribution in [3.8, 4) is 11.6 Å². The van der Waals surface area contributed by atoms with Crippen molar-refractivity contribution in [2.24, 2.45) is 4.99 Å². The summed E-state index contributed by atoms with van der Waals surface area (Å²) in [7, 11) is 0. The van der Waals surface area contributed by atoms with E-state index in [4.69, 9.17) is 14.2 Å². The molecule has 0 spiro atoms. The number of pyridine rings is 1. The number of allylic oxidation sites excluding steroid dienone is 1. The Hall–Kier alpha value is -3.16. The van der Waals surface area contributed by atoms with Crippen LogP contribution in [0, 0.1) is 0 Å². The number of hydrogen-bond acceptors (Lipinski definition) is 7. The van der Waals surface area contributed by atoms with Gasteiger partial charge in [0.15, 0.2) is 0 Å². The minimum atomic E-state index is -0.0509. The fraction of sp³-hybridized carbons (Fsp3) is 0.429. The highest BCUT2D eigenvalue weighted by atomic mass is 16.5. The van der Waals surface area contributed by atoms with E-state index >= 15 is 0 Å². The van der Waals surface area contributed by atoms with Gasteiger partial charge in [0.25, 0.3) is 0 Å². The van der Waals surface area contributed by atoms with Crippen LogP contribution in [0.2, 0.25) is 0 Å². The van der Waals surface area contributed by atoms with Crippen molar-refractivity contribution in [3.05, 3.63) is 71.4 Å². The van der Waals surface area contributed by atoms with Crippen LogP contribution >= 0.6 is 0 Å². The van der Waals surface area contributed by atoms with Crippen LogP contribution in [-0.4, -0.2) is 61.7 Å². The van der Waals surface area contributed by atoms with E-state index in [9.17, 15) is 0 Å². The summed E-state index contributed by atoms with van der Waals surface area (Å²) in [5, 5.41) is 3.56. The summed E-state index contributed by atoms with van der Waals surface area (Å²) in [6.07, 6.45) is 13.9. The van der Waals surface area contributed by atoms with E-state index in [2.05, 4.69) is 44.5 Å². The molecule has 0 saturated carbocycles. The molecule has 0 amide bonds. The molecule has 1 saturated heterocycles. The summed E-state index contributed by atoms with van der Waals surface area (Å²) >= 11 is 0. The molecule has 5 rings (SSSR count). The van der Waals surface area contributed by atoms with Crippen molar-refractivity contribution in [1.29, 1.82) is 0 Å². The number of benzene rings is 1. The van der Waals surface area contributed by atoms with Crippen LogP contribution in [0.3, 0.4) is 0 Å². The molecule has 7 nitrogen and oxygen atoms in total. The third-order valence-electron chi connectivity index (χ3n) is 6.47. The van der Waals surface area contributed by atoms with Gasteiger partial charge >= 0.3 is 0 Å². The van der Waals surface area contributed by atoms with Gasteiger partial charge in [-0.2, -0.15) is 0 Å². The Morgan fingerprint density at radius 1 is 1.11 bits per heavy atom. The fourth-order valence-corrected chi connectivity index (χ4v) is 4.61. The second-order valence-corrected chi connectivity index (χ2v) is 9.09. The summed E-state index contributed by atoms with van der Waals surface area (Å²) in [6.45, 7) is 5.66. The Bertz CT molecular complexity index is 1080. The van der Waals surface area contributed by atoms with Crippen molar-refractivity contribution < 1.29 is 14.2 Å². The molecule has 184 valence electrons. The van der Waals surface area contributed by atoms with Gasteiger partial charge in [0, 0.05) is 48.3 Å². The number of nitrogens with one attached hydrogen (secondary N) is 1. The lowest BCUT2D eigenvalue weighted by atomic mass is 10.0. The predicted octanol–water partition coefficient (Wildman–Crippen LogP) is 4.00. The second-order valence-electron chi connectivity index (χ2n) is 9.09. The van der Waals surface area contributed by atoms with Gasteiger partial charge in [0.2, 0.25) is 5.88 Å². The molecule has 0 aliphatic carbocycles. The van der Waals surface area contributed by atoms with Crippen LogP contribution in [0.15, 0.2) is 59.7 Å². The quantitative estimate of drug-likeness (QED) is 0.676. The van der Waals surface area contributed by atoms with Crippen LogP contribution in [0.5, 0.6) is 11.6 Å². The molecular formula is C28H34N4O3. The molecule has 1 aromatic carbocycles. The lowest BCUT2D eigenvalue weighted by Gasteiger charge is -2.22. The van der Waals surface area contributed by atoms with Crippen molar-refractivity contribution in [1.82, 2.24) is 15.2 Å². The van der Waals surface area contributed by atoms with E-state index in [1.165, 1.54) is 31.5 Å². The number of likely N-dealkylation sites (tertiary alicyclic amines) is 1. The maximum atomic E-state index is 6.20. The molecule has 1 aromatic heterocycles. The number of ether oxygens (including phenoxy) is 3. The van der Waals surface area contributed by atoms with E-state index in [0.717, 1.165) is 42.0 Å². The second kappa shape index (κ2) is 12.0. The standard InChI is InChI=1S/C28H34N4O3/c1-4-15-33-21-24-18-22(6-7-26(24)34-17-14-32-12-2-3-13-32)19-27-29-11-9-25(31-27)23-8-10-30-28(20-23)35-16-5-1/h1,4,6-11,18,20,27,31H,2-3,5,12-17,19,21H2/b4-1+. The van der Waals surface area contributed by atoms with E-state index in [0.29, 0.717) is 32.3 Å². The number of fused-ring (bicyclic) bond motifs is 7. The third kappa shape index (κ3) is 6.71. The van der Waals surface area contributed by atoms with Gasteiger partial charge in [-0.15, -0.1) is 0 Å². The molecule has 0 radical (unpaired) electrons. The Kier molecular flexibility index (Phi) is 8.08. The van der Waals surface area contributed by atoms with Crippen LogP contribution < -0.4 is 14.8 Å². The maximum Gasteiger partial charge on any atom is 0.213 e. The zero-order chi connectivity index (χ0) is 23.7. The smallest absolute Gasteiger partial charge is 0.213 e. The minimum absolute atomic E-state index is 0.0509. The lowest BCUT2D eigenvalue weighted by molar-refractivity contribution is 0.144. The van der Waals surface area contributed by atoms with Crippen LogP contribution in [0.1, 0.15) is 36.0 Å². The van der Waals surface area contributed by atoms with Gasteiger partial charge in [-0.05, 0) is 62.2 Å². The first-order valence-electron chi connectivity index (χ1n) is 12.6. The van der Waals surface area contributed by atoms with Gasteiger partial charge in [-0.3, -0.25) is 9.89 Å². The number of rotatable bonds is 4. The first-order chi connectivity index (χ1) is 17.3. The fourth-order valence-electron chi connectivity index (χ4n) is 4.61. The monoisotopic (exact) mass is 474 g/mol. The molecule has 3 aliphatic rings. The number of aromatic nitrogens is 1. The largest absolute Gasteiger partial charge is 0.492 e. The summed E-state index contributed by atoms with van der Waals surface area (Å²) in [6, 6.07) is 10.4. The first kappa shape index (κ1) is 23.6. The first-order valence-corrected chi connectivity index (χ1v) is 12.6. The van der Waals surface area contributed by atoms with Gasteiger partial charge in [0.1, 0.15) is 18.5 Å². The molecule has 1 atom stereocenters. The lowest BCUT2D eigenvalue weighted by Crippen LogP contribution is -2.30. The van der Waals surface area contributed by atoms with Gasteiger partial charge < -0.3 is 19.5 Å². The topological polar surface area (TPSA) is 68.2 Å². The average molecular weight is 475 g/mol. The average Bonchev–Trinajstić information content (AvgIpc) is 3.40. The summed E-state index contributed by atoms with van der Waals surface area (Å²) in [4.78, 5) is 11.5. The third-order valence-corrected chi connectivity index (χ3v) is 6.47. The molecule has 4 heterocycles. The highest BCUT2D eigenvalue weighted by Crippen LogP contribution is 2.24. The summed E-state index contributed by atoms with van der Waals surface area (Å²) in [5.41, 5.74) is 4.33.